The first-order chi connectivity index (χ1) is 16.0. The molecular formula is C27H28N3O3+. The summed E-state index contributed by atoms with van der Waals surface area (Å²) in [7, 11) is 4.07. The van der Waals surface area contributed by atoms with Crippen molar-refractivity contribution < 1.29 is 19.3 Å². The number of benzene rings is 3. The third kappa shape index (κ3) is 4.71. The Morgan fingerprint density at radius 1 is 0.818 bits per heavy atom. The summed E-state index contributed by atoms with van der Waals surface area (Å²) >= 11 is 0. The third-order valence-corrected chi connectivity index (χ3v) is 6.09. The smallest absolute Gasteiger partial charge is 0.262 e. The normalized spacial score (nSPS) is 14.8. The Hall–Kier alpha value is -3.77. The molecule has 0 saturated heterocycles. The van der Waals surface area contributed by atoms with Crippen molar-refractivity contribution in [2.45, 2.75) is 18.5 Å². The van der Waals surface area contributed by atoms with Crippen LogP contribution in [0.2, 0.25) is 0 Å². The maximum Gasteiger partial charge on any atom is 0.262 e. The zero-order valence-corrected chi connectivity index (χ0v) is 18.8. The number of quaternary nitrogens is 1. The Balaban J connectivity index is 1.59. The molecule has 0 unspecified atom stereocenters. The van der Waals surface area contributed by atoms with Crippen LogP contribution in [0.4, 0.5) is 0 Å². The first kappa shape index (κ1) is 22.4. The third-order valence-electron chi connectivity index (χ3n) is 6.09. The second kappa shape index (κ2) is 9.79. The van der Waals surface area contributed by atoms with Crippen molar-refractivity contribution in [3.05, 3.63) is 107 Å². The number of carbonyl (C=O) groups is 3. The number of nitrogens with one attached hydrogen (secondary N) is 2. The van der Waals surface area contributed by atoms with Gasteiger partial charge in [0.1, 0.15) is 12.1 Å². The van der Waals surface area contributed by atoms with Gasteiger partial charge in [-0.05, 0) is 17.7 Å². The van der Waals surface area contributed by atoms with Gasteiger partial charge in [0.25, 0.3) is 11.8 Å². The van der Waals surface area contributed by atoms with E-state index in [0.29, 0.717) is 17.7 Å². The number of likely N-dealkylation sites (N-methyl/N-ethyl adjacent to an activating group) is 1. The van der Waals surface area contributed by atoms with E-state index in [-0.39, 0.29) is 18.4 Å². The molecule has 1 heterocycles. The van der Waals surface area contributed by atoms with Gasteiger partial charge in [0.15, 0.2) is 0 Å². The van der Waals surface area contributed by atoms with Gasteiger partial charge in [-0.3, -0.25) is 19.3 Å². The molecule has 3 aromatic carbocycles. The quantitative estimate of drug-likeness (QED) is 0.524. The van der Waals surface area contributed by atoms with Crippen LogP contribution in [-0.2, 0) is 11.2 Å². The van der Waals surface area contributed by atoms with Crippen LogP contribution in [0.25, 0.3) is 0 Å². The molecule has 0 saturated carbocycles. The van der Waals surface area contributed by atoms with Gasteiger partial charge in [0.2, 0.25) is 5.91 Å². The molecular weight excluding hydrogens is 414 g/mol. The Kier molecular flexibility index (Phi) is 6.66. The van der Waals surface area contributed by atoms with Crippen LogP contribution >= 0.6 is 0 Å². The van der Waals surface area contributed by atoms with Crippen LogP contribution in [0, 0.1) is 0 Å². The highest BCUT2D eigenvalue weighted by molar-refractivity contribution is 6.22. The molecule has 2 atom stereocenters. The van der Waals surface area contributed by atoms with E-state index in [9.17, 15) is 14.4 Å². The van der Waals surface area contributed by atoms with E-state index in [1.165, 1.54) is 4.90 Å². The Morgan fingerprint density at radius 2 is 1.33 bits per heavy atom. The van der Waals surface area contributed by atoms with Gasteiger partial charge in [0.05, 0.1) is 31.8 Å². The Bertz CT molecular complexity index is 1110. The standard InChI is InChI=1S/C27H27N3O3/c1-29(2)24(20-13-7-4-8-14-20)18-28-25(31)23(17-19-11-5-3-6-12-19)30-26(32)21-15-9-10-16-22(21)27(30)33/h3-16,23-24H,17-18H2,1-2H3,(H,28,31)/p+1/t23-,24+/m1/s1. The number of fused-ring (bicyclic) bond motifs is 1. The minimum Gasteiger partial charge on any atom is -0.348 e. The monoisotopic (exact) mass is 442 g/mol. The van der Waals surface area contributed by atoms with Gasteiger partial charge < -0.3 is 10.2 Å². The van der Waals surface area contributed by atoms with Crippen LogP contribution in [0.5, 0.6) is 0 Å². The second-order valence-corrected chi connectivity index (χ2v) is 8.52. The van der Waals surface area contributed by atoms with Crippen molar-refractivity contribution in [3.63, 3.8) is 0 Å². The maximum atomic E-state index is 13.5. The minimum absolute atomic E-state index is 0.0368. The Labute approximate surface area is 193 Å². The predicted molar refractivity (Wildman–Crippen MR) is 126 cm³/mol. The number of hydrogen-bond donors (Lipinski definition) is 2. The summed E-state index contributed by atoms with van der Waals surface area (Å²) in [5.74, 6) is -1.19. The van der Waals surface area contributed by atoms with E-state index in [4.69, 9.17) is 0 Å². The minimum atomic E-state index is -0.937. The molecule has 6 heteroatoms. The fourth-order valence-corrected chi connectivity index (χ4v) is 4.29. The summed E-state index contributed by atoms with van der Waals surface area (Å²) in [6.07, 6.45) is 0.253. The predicted octanol–water partition coefficient (Wildman–Crippen LogP) is 1.90. The van der Waals surface area contributed by atoms with Gasteiger partial charge in [-0.1, -0.05) is 72.8 Å². The number of amides is 3. The van der Waals surface area contributed by atoms with Gasteiger partial charge in [0, 0.05) is 12.0 Å². The van der Waals surface area contributed by atoms with Crippen molar-refractivity contribution in [3.8, 4) is 0 Å². The zero-order chi connectivity index (χ0) is 23.4. The van der Waals surface area contributed by atoms with E-state index in [1.54, 1.807) is 24.3 Å². The van der Waals surface area contributed by atoms with Crippen molar-refractivity contribution in [1.82, 2.24) is 10.2 Å². The molecule has 1 aliphatic rings. The van der Waals surface area contributed by atoms with E-state index < -0.39 is 17.9 Å². The zero-order valence-electron chi connectivity index (χ0n) is 18.8. The Morgan fingerprint density at radius 3 is 1.88 bits per heavy atom. The van der Waals surface area contributed by atoms with Crippen LogP contribution in [0.15, 0.2) is 84.9 Å². The number of hydrogen-bond acceptors (Lipinski definition) is 3. The SMILES string of the molecule is C[NH+](C)[C@@H](CNC(=O)[C@@H](Cc1ccccc1)N1C(=O)c2ccccc2C1=O)c1ccccc1. The van der Waals surface area contributed by atoms with Crippen LogP contribution in [0.3, 0.4) is 0 Å². The lowest BCUT2D eigenvalue weighted by Gasteiger charge is -2.27. The van der Waals surface area contributed by atoms with Crippen molar-refractivity contribution in [2.75, 3.05) is 20.6 Å². The van der Waals surface area contributed by atoms with Gasteiger partial charge in [-0.2, -0.15) is 0 Å². The van der Waals surface area contributed by atoms with E-state index >= 15 is 0 Å². The summed E-state index contributed by atoms with van der Waals surface area (Å²) in [4.78, 5) is 42.0. The van der Waals surface area contributed by atoms with Crippen LogP contribution < -0.4 is 10.2 Å². The van der Waals surface area contributed by atoms with E-state index in [2.05, 4.69) is 5.32 Å². The number of nitrogens with zero attached hydrogens (tertiary/aromatic N) is 1. The summed E-state index contributed by atoms with van der Waals surface area (Å²) in [5, 5.41) is 3.02. The highest BCUT2D eigenvalue weighted by Crippen LogP contribution is 2.26. The summed E-state index contributed by atoms with van der Waals surface area (Å²) in [5.41, 5.74) is 2.67. The van der Waals surface area contributed by atoms with Crippen molar-refractivity contribution >= 4 is 17.7 Å². The number of imide groups is 1. The highest BCUT2D eigenvalue weighted by atomic mass is 16.2. The molecule has 0 fully saturated rings. The van der Waals surface area contributed by atoms with E-state index in [0.717, 1.165) is 16.0 Å². The average molecular weight is 443 g/mol. The highest BCUT2D eigenvalue weighted by Gasteiger charge is 2.42. The molecule has 0 spiro atoms. The van der Waals surface area contributed by atoms with Crippen LogP contribution in [0.1, 0.15) is 37.9 Å². The van der Waals surface area contributed by atoms with Gasteiger partial charge in [-0.15, -0.1) is 0 Å². The maximum absolute atomic E-state index is 13.5. The molecule has 0 bridgehead atoms. The molecule has 3 aromatic rings. The molecule has 6 nitrogen and oxygen atoms in total. The summed E-state index contributed by atoms with van der Waals surface area (Å²) in [6, 6.07) is 25.3. The molecule has 2 N–H and O–H groups in total. The lowest BCUT2D eigenvalue weighted by atomic mass is 10.0. The van der Waals surface area contributed by atoms with Gasteiger partial charge in [-0.25, -0.2) is 0 Å². The molecule has 168 valence electrons. The van der Waals surface area contributed by atoms with Gasteiger partial charge >= 0.3 is 0 Å². The number of rotatable bonds is 8. The molecule has 1 aliphatic heterocycles. The molecule has 0 radical (unpaired) electrons. The molecule has 0 aromatic heterocycles. The summed E-state index contributed by atoms with van der Waals surface area (Å²) in [6.45, 7) is 0.389. The molecule has 4 rings (SSSR count). The lowest BCUT2D eigenvalue weighted by Crippen LogP contribution is -3.07. The molecule has 0 aliphatic carbocycles. The molecule has 3 amide bonds. The fraction of sp³-hybridized carbons (Fsp3) is 0.222. The largest absolute Gasteiger partial charge is 0.348 e. The summed E-state index contributed by atoms with van der Waals surface area (Å²) < 4.78 is 0. The van der Waals surface area contributed by atoms with E-state index in [1.807, 2.05) is 74.8 Å². The first-order valence-corrected chi connectivity index (χ1v) is 11.1. The molecule has 33 heavy (non-hydrogen) atoms. The van der Waals surface area contributed by atoms with Crippen LogP contribution in [-0.4, -0.2) is 49.3 Å². The van der Waals surface area contributed by atoms with Crippen molar-refractivity contribution in [2.24, 2.45) is 0 Å². The lowest BCUT2D eigenvalue weighted by molar-refractivity contribution is -0.890. The second-order valence-electron chi connectivity index (χ2n) is 8.52. The average Bonchev–Trinajstić information content (AvgIpc) is 3.09. The fourth-order valence-electron chi connectivity index (χ4n) is 4.29. The first-order valence-electron chi connectivity index (χ1n) is 11.1. The van der Waals surface area contributed by atoms with Crippen molar-refractivity contribution in [1.29, 1.82) is 0 Å². The number of carbonyl (C=O) groups excluding carboxylic acids is 3. The topological polar surface area (TPSA) is 70.9 Å².